The molecule has 0 fully saturated rings. The fraction of sp³-hybridized carbons (Fsp3) is 0.579. The van der Waals surface area contributed by atoms with Crippen LogP contribution in [0.25, 0.3) is 0 Å². The van der Waals surface area contributed by atoms with Crippen LogP contribution in [-0.4, -0.2) is 37.5 Å². The summed E-state index contributed by atoms with van der Waals surface area (Å²) in [6, 6.07) is 9.61. The fourth-order valence-corrected chi connectivity index (χ4v) is 2.24. The average molecular weight is 332 g/mol. The Hall–Kier alpha value is -2.04. The van der Waals surface area contributed by atoms with Crippen molar-refractivity contribution in [3.05, 3.63) is 35.9 Å². The van der Waals surface area contributed by atoms with Gasteiger partial charge in [0.2, 0.25) is 0 Å². The van der Waals surface area contributed by atoms with E-state index in [2.05, 4.69) is 41.7 Å². The van der Waals surface area contributed by atoms with Crippen molar-refractivity contribution in [1.82, 2.24) is 16.0 Å². The summed E-state index contributed by atoms with van der Waals surface area (Å²) >= 11 is 0. The Labute approximate surface area is 146 Å². The van der Waals surface area contributed by atoms with Crippen LogP contribution in [0.3, 0.4) is 0 Å². The first kappa shape index (κ1) is 20.0. The first-order valence-corrected chi connectivity index (χ1v) is 8.91. The molecule has 5 heteroatoms. The van der Waals surface area contributed by atoms with Gasteiger partial charge in [0, 0.05) is 24.7 Å². The lowest BCUT2D eigenvalue weighted by molar-refractivity contribution is 0.0955. The van der Waals surface area contributed by atoms with Crippen LogP contribution in [0.2, 0.25) is 0 Å². The van der Waals surface area contributed by atoms with E-state index in [1.807, 2.05) is 25.1 Å². The number of nitrogens with zero attached hydrogens (tertiary/aromatic N) is 1. The van der Waals surface area contributed by atoms with E-state index in [0.717, 1.165) is 18.9 Å². The lowest BCUT2D eigenvalue weighted by atomic mass is 10.0. The molecule has 1 unspecified atom stereocenters. The van der Waals surface area contributed by atoms with E-state index in [0.29, 0.717) is 30.6 Å². The Balaban J connectivity index is 2.38. The van der Waals surface area contributed by atoms with Crippen LogP contribution in [0.1, 0.15) is 50.9 Å². The zero-order valence-corrected chi connectivity index (χ0v) is 15.4. The highest BCUT2D eigenvalue weighted by atomic mass is 16.1. The van der Waals surface area contributed by atoms with Gasteiger partial charge in [0.15, 0.2) is 5.96 Å². The molecule has 24 heavy (non-hydrogen) atoms. The zero-order chi connectivity index (χ0) is 17.8. The number of hydrogen-bond acceptors (Lipinski definition) is 2. The number of guanidine groups is 1. The Bertz CT molecular complexity index is 499. The van der Waals surface area contributed by atoms with Crippen LogP contribution in [0.15, 0.2) is 35.3 Å². The van der Waals surface area contributed by atoms with E-state index in [1.54, 1.807) is 12.1 Å². The fourth-order valence-electron chi connectivity index (χ4n) is 2.24. The molecule has 5 nitrogen and oxygen atoms in total. The van der Waals surface area contributed by atoms with Crippen LogP contribution in [0.4, 0.5) is 0 Å². The quantitative estimate of drug-likeness (QED) is 0.370. The molecule has 1 aromatic rings. The van der Waals surface area contributed by atoms with E-state index in [-0.39, 0.29) is 5.91 Å². The lowest BCUT2D eigenvalue weighted by Gasteiger charge is -2.18. The summed E-state index contributed by atoms with van der Waals surface area (Å²) in [7, 11) is 0. The lowest BCUT2D eigenvalue weighted by Crippen LogP contribution is -2.42. The molecule has 0 aromatic heterocycles. The summed E-state index contributed by atoms with van der Waals surface area (Å²) in [5, 5.41) is 9.55. The number of rotatable bonds is 9. The van der Waals surface area contributed by atoms with Crippen molar-refractivity contribution < 1.29 is 4.79 Å². The van der Waals surface area contributed by atoms with E-state index >= 15 is 0 Å². The largest absolute Gasteiger partial charge is 0.357 e. The van der Waals surface area contributed by atoms with Crippen LogP contribution < -0.4 is 16.0 Å². The van der Waals surface area contributed by atoms with E-state index in [9.17, 15) is 4.79 Å². The monoisotopic (exact) mass is 332 g/mol. The minimum atomic E-state index is -0.0611. The summed E-state index contributed by atoms with van der Waals surface area (Å²) in [5.74, 6) is 1.46. The number of carbonyl (C=O) groups excluding carboxylic acids is 1. The number of benzene rings is 1. The molecule has 1 atom stereocenters. The second-order valence-electron chi connectivity index (χ2n) is 6.40. The van der Waals surface area contributed by atoms with Crippen LogP contribution in [0, 0.1) is 5.92 Å². The third-order valence-electron chi connectivity index (χ3n) is 3.61. The highest BCUT2D eigenvalue weighted by molar-refractivity contribution is 5.94. The van der Waals surface area contributed by atoms with Gasteiger partial charge in [0.1, 0.15) is 0 Å². The molecule has 0 radical (unpaired) electrons. The van der Waals surface area contributed by atoms with Gasteiger partial charge in [-0.1, -0.05) is 32.0 Å². The molecule has 0 aliphatic carbocycles. The highest BCUT2D eigenvalue weighted by Crippen LogP contribution is 2.06. The molecule has 0 spiro atoms. The van der Waals surface area contributed by atoms with Crippen molar-refractivity contribution in [2.24, 2.45) is 10.9 Å². The molecule has 0 aliphatic heterocycles. The van der Waals surface area contributed by atoms with E-state index < -0.39 is 0 Å². The molecule has 0 saturated carbocycles. The first-order chi connectivity index (χ1) is 11.5. The summed E-state index contributed by atoms with van der Waals surface area (Å²) in [6.07, 6.45) is 2.31. The zero-order valence-electron chi connectivity index (χ0n) is 15.4. The van der Waals surface area contributed by atoms with Gasteiger partial charge in [-0.05, 0) is 44.7 Å². The summed E-state index contributed by atoms with van der Waals surface area (Å²) in [6.45, 7) is 10.6. The molecule has 0 bridgehead atoms. The molecule has 3 N–H and O–H groups in total. The van der Waals surface area contributed by atoms with Gasteiger partial charge in [-0.15, -0.1) is 0 Å². The van der Waals surface area contributed by atoms with Crippen molar-refractivity contribution in [3.63, 3.8) is 0 Å². The standard InChI is InChI=1S/C19H32N4O/c1-5-20-19(23-16(4)12-11-15(2)3)22-14-13-21-18(24)17-9-7-6-8-10-17/h6-10,15-16H,5,11-14H2,1-4H3,(H,21,24)(H2,20,22,23). The Morgan fingerprint density at radius 1 is 1.08 bits per heavy atom. The number of amides is 1. The Morgan fingerprint density at radius 3 is 2.42 bits per heavy atom. The van der Waals surface area contributed by atoms with Gasteiger partial charge in [-0.3, -0.25) is 9.79 Å². The molecule has 0 saturated heterocycles. The summed E-state index contributed by atoms with van der Waals surface area (Å²) in [5.41, 5.74) is 0.675. The maximum absolute atomic E-state index is 12.0. The number of aliphatic imine (C=N–C) groups is 1. The van der Waals surface area contributed by atoms with Gasteiger partial charge in [0.25, 0.3) is 5.91 Å². The first-order valence-electron chi connectivity index (χ1n) is 8.91. The van der Waals surface area contributed by atoms with Gasteiger partial charge < -0.3 is 16.0 Å². The maximum Gasteiger partial charge on any atom is 0.251 e. The second-order valence-corrected chi connectivity index (χ2v) is 6.40. The predicted molar refractivity (Wildman–Crippen MR) is 101 cm³/mol. The van der Waals surface area contributed by atoms with E-state index in [1.165, 1.54) is 6.42 Å². The minimum Gasteiger partial charge on any atom is -0.357 e. The van der Waals surface area contributed by atoms with Gasteiger partial charge >= 0.3 is 0 Å². The molecule has 1 amide bonds. The van der Waals surface area contributed by atoms with Crippen molar-refractivity contribution in [1.29, 1.82) is 0 Å². The van der Waals surface area contributed by atoms with Crippen molar-refractivity contribution in [2.45, 2.75) is 46.6 Å². The van der Waals surface area contributed by atoms with Crippen molar-refractivity contribution >= 4 is 11.9 Å². The molecular weight excluding hydrogens is 300 g/mol. The van der Waals surface area contributed by atoms with E-state index in [4.69, 9.17) is 0 Å². The number of carbonyl (C=O) groups is 1. The third-order valence-corrected chi connectivity index (χ3v) is 3.61. The molecule has 1 aromatic carbocycles. The minimum absolute atomic E-state index is 0.0611. The van der Waals surface area contributed by atoms with Crippen LogP contribution in [0.5, 0.6) is 0 Å². The van der Waals surface area contributed by atoms with Crippen molar-refractivity contribution in [2.75, 3.05) is 19.6 Å². The molecule has 1 rings (SSSR count). The smallest absolute Gasteiger partial charge is 0.251 e. The topological polar surface area (TPSA) is 65.5 Å². The number of hydrogen-bond donors (Lipinski definition) is 3. The number of nitrogens with one attached hydrogen (secondary N) is 3. The normalized spacial score (nSPS) is 12.8. The van der Waals surface area contributed by atoms with Crippen LogP contribution >= 0.6 is 0 Å². The summed E-state index contributed by atoms with van der Waals surface area (Å²) < 4.78 is 0. The second kappa shape index (κ2) is 11.5. The SMILES string of the molecule is CCNC(=NCCNC(=O)c1ccccc1)NC(C)CCC(C)C. The molecule has 0 aliphatic rings. The molecular formula is C19H32N4O. The third kappa shape index (κ3) is 8.56. The highest BCUT2D eigenvalue weighted by Gasteiger charge is 2.06. The van der Waals surface area contributed by atoms with Gasteiger partial charge in [-0.25, -0.2) is 0 Å². The average Bonchev–Trinajstić information content (AvgIpc) is 2.57. The van der Waals surface area contributed by atoms with Gasteiger partial charge in [0.05, 0.1) is 6.54 Å². The molecule has 0 heterocycles. The maximum atomic E-state index is 12.0. The van der Waals surface area contributed by atoms with Crippen molar-refractivity contribution in [3.8, 4) is 0 Å². The van der Waals surface area contributed by atoms with Crippen LogP contribution in [-0.2, 0) is 0 Å². The summed E-state index contributed by atoms with van der Waals surface area (Å²) in [4.78, 5) is 16.5. The predicted octanol–water partition coefficient (Wildman–Crippen LogP) is 2.80. The Kier molecular flexibility index (Phi) is 9.58. The molecule has 134 valence electrons. The Morgan fingerprint density at radius 2 is 1.79 bits per heavy atom. The van der Waals surface area contributed by atoms with Gasteiger partial charge in [-0.2, -0.15) is 0 Å².